The van der Waals surface area contributed by atoms with Crippen molar-refractivity contribution in [3.8, 4) is 0 Å². The standard InChI is InChI=1S/C13H22N4.2ClH/c1-10(2)12-5-8-15-13(17-12)16-9-11-3-6-14-7-4-11;;/h5,8,10-11,14H,3-4,6-7,9H2,1-2H3,(H,15,16,17);2*1H. The van der Waals surface area contributed by atoms with Gasteiger partial charge in [0.25, 0.3) is 0 Å². The van der Waals surface area contributed by atoms with E-state index in [1.807, 2.05) is 12.3 Å². The maximum absolute atomic E-state index is 4.52. The Morgan fingerprint density at radius 3 is 2.63 bits per heavy atom. The molecule has 0 radical (unpaired) electrons. The Bertz CT molecular complexity index is 354. The van der Waals surface area contributed by atoms with Crippen LogP contribution in [0.25, 0.3) is 0 Å². The van der Waals surface area contributed by atoms with Gasteiger partial charge in [0.1, 0.15) is 0 Å². The van der Waals surface area contributed by atoms with Crippen molar-refractivity contribution in [2.45, 2.75) is 32.6 Å². The van der Waals surface area contributed by atoms with E-state index in [4.69, 9.17) is 0 Å². The van der Waals surface area contributed by atoms with Gasteiger partial charge >= 0.3 is 0 Å². The van der Waals surface area contributed by atoms with E-state index < -0.39 is 0 Å². The lowest BCUT2D eigenvalue weighted by atomic mass is 9.98. The monoisotopic (exact) mass is 306 g/mol. The van der Waals surface area contributed by atoms with Crippen LogP contribution in [0.1, 0.15) is 38.3 Å². The first-order chi connectivity index (χ1) is 8.25. The molecule has 4 nitrogen and oxygen atoms in total. The van der Waals surface area contributed by atoms with Gasteiger partial charge in [-0.05, 0) is 43.8 Å². The summed E-state index contributed by atoms with van der Waals surface area (Å²) in [6, 6.07) is 1.99. The number of anilines is 1. The summed E-state index contributed by atoms with van der Waals surface area (Å²) in [5.41, 5.74) is 1.10. The third-order valence-electron chi connectivity index (χ3n) is 3.28. The Hall–Kier alpha value is -0.580. The Morgan fingerprint density at radius 1 is 1.32 bits per heavy atom. The Morgan fingerprint density at radius 2 is 2.00 bits per heavy atom. The van der Waals surface area contributed by atoms with E-state index in [-0.39, 0.29) is 24.8 Å². The van der Waals surface area contributed by atoms with Crippen molar-refractivity contribution in [1.29, 1.82) is 0 Å². The van der Waals surface area contributed by atoms with Crippen LogP contribution in [0.4, 0.5) is 5.95 Å². The summed E-state index contributed by atoms with van der Waals surface area (Å²) in [6.45, 7) is 7.57. The fourth-order valence-corrected chi connectivity index (χ4v) is 2.10. The summed E-state index contributed by atoms with van der Waals surface area (Å²) in [7, 11) is 0. The minimum atomic E-state index is 0. The molecule has 19 heavy (non-hydrogen) atoms. The molecule has 0 unspecified atom stereocenters. The van der Waals surface area contributed by atoms with E-state index in [2.05, 4.69) is 34.4 Å². The molecule has 2 heterocycles. The summed E-state index contributed by atoms with van der Waals surface area (Å²) in [5, 5.41) is 6.74. The number of halogens is 2. The highest BCUT2D eigenvalue weighted by Crippen LogP contribution is 2.14. The highest BCUT2D eigenvalue weighted by atomic mass is 35.5. The molecule has 1 aliphatic rings. The van der Waals surface area contributed by atoms with Crippen LogP contribution in [0, 0.1) is 5.92 Å². The van der Waals surface area contributed by atoms with Crippen LogP contribution in [0.2, 0.25) is 0 Å². The first-order valence-corrected chi connectivity index (χ1v) is 6.53. The predicted octanol–water partition coefficient (Wildman–Crippen LogP) is 2.86. The normalized spacial score (nSPS) is 15.5. The van der Waals surface area contributed by atoms with Crippen molar-refractivity contribution in [2.24, 2.45) is 5.92 Å². The highest BCUT2D eigenvalue weighted by molar-refractivity contribution is 5.85. The molecule has 0 bridgehead atoms. The van der Waals surface area contributed by atoms with Crippen molar-refractivity contribution in [3.05, 3.63) is 18.0 Å². The largest absolute Gasteiger partial charge is 0.354 e. The van der Waals surface area contributed by atoms with Gasteiger partial charge in [0.2, 0.25) is 5.95 Å². The zero-order valence-electron chi connectivity index (χ0n) is 11.6. The fourth-order valence-electron chi connectivity index (χ4n) is 2.10. The van der Waals surface area contributed by atoms with Crippen LogP contribution in [0.3, 0.4) is 0 Å². The van der Waals surface area contributed by atoms with E-state index in [1.165, 1.54) is 12.8 Å². The van der Waals surface area contributed by atoms with Gasteiger partial charge in [0.15, 0.2) is 0 Å². The fraction of sp³-hybridized carbons (Fsp3) is 0.692. The second kappa shape index (κ2) is 9.34. The molecule has 0 aliphatic carbocycles. The molecule has 1 saturated heterocycles. The molecule has 1 aromatic rings. The lowest BCUT2D eigenvalue weighted by Crippen LogP contribution is -2.31. The number of hydrogen-bond donors (Lipinski definition) is 2. The SMILES string of the molecule is CC(C)c1ccnc(NCC2CCNCC2)n1.Cl.Cl. The van der Waals surface area contributed by atoms with E-state index in [0.29, 0.717) is 5.92 Å². The smallest absolute Gasteiger partial charge is 0.222 e. The quantitative estimate of drug-likeness (QED) is 0.898. The van der Waals surface area contributed by atoms with Gasteiger partial charge in [-0.3, -0.25) is 0 Å². The molecule has 0 saturated carbocycles. The number of piperidine rings is 1. The molecule has 1 aliphatic heterocycles. The molecular formula is C13H24Cl2N4. The molecule has 0 amide bonds. The van der Waals surface area contributed by atoms with E-state index in [9.17, 15) is 0 Å². The molecule has 1 aromatic heterocycles. The number of rotatable bonds is 4. The van der Waals surface area contributed by atoms with E-state index in [1.54, 1.807) is 0 Å². The molecule has 0 atom stereocenters. The summed E-state index contributed by atoms with van der Waals surface area (Å²) < 4.78 is 0. The number of nitrogens with zero attached hydrogens (tertiary/aromatic N) is 2. The molecule has 0 aromatic carbocycles. The molecular weight excluding hydrogens is 283 g/mol. The third kappa shape index (κ3) is 5.93. The summed E-state index contributed by atoms with van der Waals surface area (Å²) in [5.74, 6) is 1.98. The van der Waals surface area contributed by atoms with Gasteiger partial charge in [0, 0.05) is 18.4 Å². The van der Waals surface area contributed by atoms with E-state index in [0.717, 1.165) is 37.2 Å². The van der Waals surface area contributed by atoms with Gasteiger partial charge < -0.3 is 10.6 Å². The molecule has 1 fully saturated rings. The van der Waals surface area contributed by atoms with Crippen molar-refractivity contribution in [3.63, 3.8) is 0 Å². The Labute approximate surface area is 128 Å². The molecule has 0 spiro atoms. The summed E-state index contributed by atoms with van der Waals surface area (Å²) in [4.78, 5) is 8.79. The van der Waals surface area contributed by atoms with Crippen LogP contribution >= 0.6 is 24.8 Å². The first kappa shape index (κ1) is 18.4. The summed E-state index contributed by atoms with van der Waals surface area (Å²) >= 11 is 0. The zero-order chi connectivity index (χ0) is 12.1. The van der Waals surface area contributed by atoms with Crippen molar-refractivity contribution in [2.75, 3.05) is 25.0 Å². The maximum atomic E-state index is 4.52. The van der Waals surface area contributed by atoms with Crippen molar-refractivity contribution < 1.29 is 0 Å². The lowest BCUT2D eigenvalue weighted by Gasteiger charge is -2.22. The third-order valence-corrected chi connectivity index (χ3v) is 3.28. The first-order valence-electron chi connectivity index (χ1n) is 6.53. The van der Waals surface area contributed by atoms with Crippen LogP contribution in [-0.4, -0.2) is 29.6 Å². The minimum Gasteiger partial charge on any atom is -0.354 e. The van der Waals surface area contributed by atoms with Crippen molar-refractivity contribution >= 4 is 30.8 Å². The van der Waals surface area contributed by atoms with Crippen LogP contribution in [-0.2, 0) is 0 Å². The van der Waals surface area contributed by atoms with Crippen molar-refractivity contribution in [1.82, 2.24) is 15.3 Å². The number of nitrogens with one attached hydrogen (secondary N) is 2. The average molecular weight is 307 g/mol. The molecule has 110 valence electrons. The van der Waals surface area contributed by atoms with Gasteiger partial charge in [-0.2, -0.15) is 0 Å². The number of aromatic nitrogens is 2. The molecule has 2 N–H and O–H groups in total. The number of hydrogen-bond acceptors (Lipinski definition) is 4. The van der Waals surface area contributed by atoms with Crippen LogP contribution in [0.5, 0.6) is 0 Å². The molecule has 6 heteroatoms. The second-order valence-corrected chi connectivity index (χ2v) is 5.03. The van der Waals surface area contributed by atoms with Gasteiger partial charge in [-0.1, -0.05) is 13.8 Å². The highest BCUT2D eigenvalue weighted by Gasteiger charge is 2.13. The van der Waals surface area contributed by atoms with E-state index >= 15 is 0 Å². The van der Waals surface area contributed by atoms with Gasteiger partial charge in [0.05, 0.1) is 0 Å². The van der Waals surface area contributed by atoms with Crippen LogP contribution < -0.4 is 10.6 Å². The predicted molar refractivity (Wildman–Crippen MR) is 84.7 cm³/mol. The van der Waals surface area contributed by atoms with Crippen LogP contribution in [0.15, 0.2) is 12.3 Å². The Balaban J connectivity index is 0.00000162. The molecule has 2 rings (SSSR count). The topological polar surface area (TPSA) is 49.8 Å². The zero-order valence-corrected chi connectivity index (χ0v) is 13.2. The minimum absolute atomic E-state index is 0. The maximum Gasteiger partial charge on any atom is 0.222 e. The lowest BCUT2D eigenvalue weighted by molar-refractivity contribution is 0.389. The average Bonchev–Trinajstić information content (AvgIpc) is 2.38. The second-order valence-electron chi connectivity index (χ2n) is 5.03. The van der Waals surface area contributed by atoms with Gasteiger partial charge in [-0.15, -0.1) is 24.8 Å². The Kier molecular flexibility index (Phi) is 9.06. The van der Waals surface area contributed by atoms with Gasteiger partial charge in [-0.25, -0.2) is 9.97 Å². The summed E-state index contributed by atoms with van der Waals surface area (Å²) in [6.07, 6.45) is 4.33.